The summed E-state index contributed by atoms with van der Waals surface area (Å²) in [5.41, 5.74) is 1.14. The molecule has 6 nitrogen and oxygen atoms in total. The van der Waals surface area contributed by atoms with E-state index in [1.165, 1.54) is 0 Å². The summed E-state index contributed by atoms with van der Waals surface area (Å²) < 4.78 is 5.43. The van der Waals surface area contributed by atoms with Gasteiger partial charge in [0.05, 0.1) is 0 Å². The first-order valence-electron chi connectivity index (χ1n) is 9.63. The number of piperazine rings is 1. The van der Waals surface area contributed by atoms with E-state index in [4.69, 9.17) is 4.74 Å². The normalized spacial score (nSPS) is 24.4. The zero-order chi connectivity index (χ0) is 18.0. The summed E-state index contributed by atoms with van der Waals surface area (Å²) in [5, 5.41) is 3.29. The molecule has 0 aromatic heterocycles. The van der Waals surface area contributed by atoms with Crippen LogP contribution in [0.3, 0.4) is 0 Å². The van der Waals surface area contributed by atoms with Gasteiger partial charge in [0.2, 0.25) is 5.91 Å². The molecule has 4 rings (SSSR count). The lowest BCUT2D eigenvalue weighted by Gasteiger charge is -2.33. The van der Waals surface area contributed by atoms with Crippen LogP contribution >= 0.6 is 0 Å². The highest BCUT2D eigenvalue weighted by Gasteiger charge is 2.59. The average molecular weight is 357 g/mol. The second kappa shape index (κ2) is 7.27. The predicted octanol–water partition coefficient (Wildman–Crippen LogP) is 1.86. The Labute approximate surface area is 154 Å². The molecule has 1 aromatic rings. The Bertz CT molecular complexity index is 650. The van der Waals surface area contributed by atoms with E-state index < -0.39 is 0 Å². The molecule has 2 aliphatic heterocycles. The Hall–Kier alpha value is -2.08. The van der Waals surface area contributed by atoms with Gasteiger partial charge >= 0.3 is 6.09 Å². The maximum atomic E-state index is 12.7. The fraction of sp³-hybridized carbons (Fsp3) is 0.600. The highest BCUT2D eigenvalue weighted by Crippen LogP contribution is 2.60. The van der Waals surface area contributed by atoms with E-state index in [0.29, 0.717) is 25.6 Å². The van der Waals surface area contributed by atoms with Gasteiger partial charge in [0.15, 0.2) is 0 Å². The third-order valence-electron chi connectivity index (χ3n) is 6.14. The van der Waals surface area contributed by atoms with E-state index in [9.17, 15) is 9.59 Å². The fourth-order valence-electron chi connectivity index (χ4n) is 4.30. The van der Waals surface area contributed by atoms with Gasteiger partial charge in [-0.05, 0) is 30.2 Å². The summed E-state index contributed by atoms with van der Waals surface area (Å²) in [4.78, 5) is 28.8. The predicted molar refractivity (Wildman–Crippen MR) is 97.4 cm³/mol. The maximum Gasteiger partial charge on any atom is 0.410 e. The zero-order valence-electron chi connectivity index (χ0n) is 15.2. The van der Waals surface area contributed by atoms with Gasteiger partial charge < -0.3 is 19.9 Å². The number of amides is 2. The standard InChI is InChI=1S/C20H27N3O3/c24-18(22-12-8-21-9-13-22)17-14-20(17)6-10-23(11-7-20)19(25)26-15-16-4-2-1-3-5-16/h1-5,17,21H,6-15H2. The molecule has 6 heteroatoms. The van der Waals surface area contributed by atoms with Crippen LogP contribution in [-0.2, 0) is 16.1 Å². The number of carbonyl (C=O) groups excluding carboxylic acids is 2. The van der Waals surface area contributed by atoms with Crippen LogP contribution in [0.1, 0.15) is 24.8 Å². The first-order chi connectivity index (χ1) is 12.7. The molecular weight excluding hydrogens is 330 g/mol. The lowest BCUT2D eigenvalue weighted by molar-refractivity contribution is -0.134. The molecule has 26 heavy (non-hydrogen) atoms. The first-order valence-corrected chi connectivity index (χ1v) is 9.63. The molecule has 1 aromatic carbocycles. The van der Waals surface area contributed by atoms with Crippen molar-refractivity contribution in [2.24, 2.45) is 11.3 Å². The quantitative estimate of drug-likeness (QED) is 0.897. The number of likely N-dealkylation sites (tertiary alicyclic amines) is 1. The van der Waals surface area contributed by atoms with E-state index in [1.54, 1.807) is 4.90 Å². The van der Waals surface area contributed by atoms with Gasteiger partial charge in [0.1, 0.15) is 6.61 Å². The molecule has 1 aliphatic carbocycles. The van der Waals surface area contributed by atoms with Crippen molar-refractivity contribution in [3.8, 4) is 0 Å². The van der Waals surface area contributed by atoms with Gasteiger partial charge in [0.25, 0.3) is 0 Å². The summed E-state index contributed by atoms with van der Waals surface area (Å²) >= 11 is 0. The van der Waals surface area contributed by atoms with Crippen molar-refractivity contribution >= 4 is 12.0 Å². The van der Waals surface area contributed by atoms with E-state index in [-0.39, 0.29) is 17.4 Å². The first kappa shape index (κ1) is 17.3. The summed E-state index contributed by atoms with van der Waals surface area (Å²) in [6.07, 6.45) is 2.57. The molecule has 1 atom stereocenters. The molecule has 0 radical (unpaired) electrons. The zero-order valence-corrected chi connectivity index (χ0v) is 15.2. The third-order valence-corrected chi connectivity index (χ3v) is 6.14. The molecule has 140 valence electrons. The van der Waals surface area contributed by atoms with Crippen LogP contribution in [0.5, 0.6) is 0 Å². The van der Waals surface area contributed by atoms with E-state index in [0.717, 1.165) is 51.0 Å². The summed E-state index contributed by atoms with van der Waals surface area (Å²) in [5.74, 6) is 0.495. The summed E-state index contributed by atoms with van der Waals surface area (Å²) in [7, 11) is 0. The van der Waals surface area contributed by atoms with Crippen LogP contribution in [0, 0.1) is 11.3 Å². The van der Waals surface area contributed by atoms with Crippen molar-refractivity contribution < 1.29 is 14.3 Å². The maximum absolute atomic E-state index is 12.7. The Kier molecular flexibility index (Phi) is 4.85. The number of nitrogens with zero attached hydrogens (tertiary/aromatic N) is 2. The second-order valence-electron chi connectivity index (χ2n) is 7.72. The lowest BCUT2D eigenvalue weighted by atomic mass is 9.90. The largest absolute Gasteiger partial charge is 0.445 e. The van der Waals surface area contributed by atoms with Gasteiger partial charge in [-0.3, -0.25) is 4.79 Å². The van der Waals surface area contributed by atoms with E-state index in [2.05, 4.69) is 5.32 Å². The third kappa shape index (κ3) is 3.56. The fourth-order valence-corrected chi connectivity index (χ4v) is 4.30. The number of piperidine rings is 1. The van der Waals surface area contributed by atoms with Crippen LogP contribution in [0.2, 0.25) is 0 Å². The number of hydrogen-bond acceptors (Lipinski definition) is 4. The summed E-state index contributed by atoms with van der Waals surface area (Å²) in [6, 6.07) is 9.74. The molecule has 1 unspecified atom stereocenters. The molecule has 2 heterocycles. The number of nitrogens with one attached hydrogen (secondary N) is 1. The smallest absolute Gasteiger partial charge is 0.410 e. The van der Waals surface area contributed by atoms with Crippen molar-refractivity contribution in [3.05, 3.63) is 35.9 Å². The lowest BCUT2D eigenvalue weighted by Crippen LogP contribution is -2.48. The number of rotatable bonds is 3. The van der Waals surface area contributed by atoms with Crippen molar-refractivity contribution in [2.45, 2.75) is 25.9 Å². The van der Waals surface area contributed by atoms with Crippen LogP contribution in [0.15, 0.2) is 30.3 Å². The second-order valence-corrected chi connectivity index (χ2v) is 7.72. The molecule has 1 saturated carbocycles. The van der Waals surface area contributed by atoms with E-state index in [1.807, 2.05) is 35.2 Å². The van der Waals surface area contributed by atoms with Crippen molar-refractivity contribution in [1.82, 2.24) is 15.1 Å². The van der Waals surface area contributed by atoms with Gasteiger partial charge in [0, 0.05) is 45.2 Å². The van der Waals surface area contributed by atoms with Gasteiger partial charge in [-0.2, -0.15) is 0 Å². The highest BCUT2D eigenvalue weighted by atomic mass is 16.6. The Morgan fingerprint density at radius 1 is 1.04 bits per heavy atom. The Morgan fingerprint density at radius 2 is 1.73 bits per heavy atom. The molecule has 2 saturated heterocycles. The molecule has 1 spiro atoms. The van der Waals surface area contributed by atoms with Gasteiger partial charge in [-0.25, -0.2) is 4.79 Å². The van der Waals surface area contributed by atoms with Crippen LogP contribution < -0.4 is 5.32 Å². The van der Waals surface area contributed by atoms with E-state index >= 15 is 0 Å². The molecule has 1 N–H and O–H groups in total. The minimum Gasteiger partial charge on any atom is -0.445 e. The molecule has 0 bridgehead atoms. The minimum atomic E-state index is -0.241. The van der Waals surface area contributed by atoms with Gasteiger partial charge in [-0.1, -0.05) is 30.3 Å². The minimum absolute atomic E-state index is 0.137. The Morgan fingerprint density at radius 3 is 2.42 bits per heavy atom. The van der Waals surface area contributed by atoms with Crippen molar-refractivity contribution in [1.29, 1.82) is 0 Å². The Balaban J connectivity index is 1.24. The monoisotopic (exact) mass is 357 g/mol. The van der Waals surface area contributed by atoms with Crippen molar-refractivity contribution in [3.63, 3.8) is 0 Å². The number of carbonyl (C=O) groups is 2. The molecular formula is C20H27N3O3. The van der Waals surface area contributed by atoms with Gasteiger partial charge in [-0.15, -0.1) is 0 Å². The van der Waals surface area contributed by atoms with Crippen molar-refractivity contribution in [2.75, 3.05) is 39.3 Å². The number of benzene rings is 1. The molecule has 2 amide bonds. The SMILES string of the molecule is O=C(OCc1ccccc1)N1CCC2(CC1)CC2C(=O)N1CCNCC1. The summed E-state index contributed by atoms with van der Waals surface area (Å²) in [6.45, 7) is 5.13. The molecule has 3 aliphatic rings. The molecule has 3 fully saturated rings. The number of hydrogen-bond donors (Lipinski definition) is 1. The topological polar surface area (TPSA) is 61.9 Å². The highest BCUT2D eigenvalue weighted by molar-refractivity contribution is 5.83. The van der Waals surface area contributed by atoms with Crippen LogP contribution in [-0.4, -0.2) is 61.1 Å². The van der Waals surface area contributed by atoms with Crippen LogP contribution in [0.25, 0.3) is 0 Å². The van der Waals surface area contributed by atoms with Crippen LogP contribution in [0.4, 0.5) is 4.79 Å². The average Bonchev–Trinajstić information content (AvgIpc) is 3.40. The number of ether oxygens (including phenoxy) is 1.